The molecule has 1 heterocycles. The van der Waals surface area contributed by atoms with Crippen molar-refractivity contribution in [1.29, 1.82) is 0 Å². The Morgan fingerprint density at radius 3 is 2.14 bits per heavy atom. The summed E-state index contributed by atoms with van der Waals surface area (Å²) in [6.07, 6.45) is 0. The summed E-state index contributed by atoms with van der Waals surface area (Å²) in [5.41, 5.74) is 5.24. The summed E-state index contributed by atoms with van der Waals surface area (Å²) in [7, 11) is 0.417. The minimum absolute atomic E-state index is 0.0518. The molecule has 3 aromatic rings. The molecule has 1 atom stereocenters. The number of hydrogen-bond donors (Lipinski definition) is 1. The lowest BCUT2D eigenvalue weighted by Gasteiger charge is -2.40. The van der Waals surface area contributed by atoms with Gasteiger partial charge in [0.2, 0.25) is 10.0 Å². The van der Waals surface area contributed by atoms with E-state index in [-0.39, 0.29) is 6.04 Å². The minimum atomic E-state index is -3.63. The third-order valence-corrected chi connectivity index (χ3v) is 8.55. The van der Waals surface area contributed by atoms with Gasteiger partial charge >= 0.3 is 0 Å². The fraction of sp³-hybridized carbons (Fsp3) is 0.357. The van der Waals surface area contributed by atoms with Gasteiger partial charge in [0.25, 0.3) is 0 Å². The summed E-state index contributed by atoms with van der Waals surface area (Å²) in [4.78, 5) is 7.22. The van der Waals surface area contributed by atoms with E-state index in [1.165, 1.54) is 5.69 Å². The van der Waals surface area contributed by atoms with Crippen LogP contribution in [0.25, 0.3) is 0 Å². The number of nitrogens with one attached hydrogen (secondary N) is 1. The number of anilines is 2. The fourth-order valence-corrected chi connectivity index (χ4v) is 6.02. The van der Waals surface area contributed by atoms with Crippen LogP contribution < -0.4 is 14.5 Å². The van der Waals surface area contributed by atoms with Crippen molar-refractivity contribution < 1.29 is 8.42 Å². The van der Waals surface area contributed by atoms with Crippen molar-refractivity contribution in [3.63, 3.8) is 0 Å². The molecule has 0 aromatic heterocycles. The lowest BCUT2D eigenvalue weighted by atomic mass is 10.0. The number of nitrogens with zero attached hydrogens (tertiary/aromatic N) is 3. The monoisotopic (exact) mass is 492 g/mol. The van der Waals surface area contributed by atoms with E-state index in [0.29, 0.717) is 11.4 Å². The largest absolute Gasteiger partial charge is 0.378 e. The van der Waals surface area contributed by atoms with Crippen LogP contribution in [-0.4, -0.2) is 60.1 Å². The third-order valence-electron chi connectivity index (χ3n) is 6.98. The lowest BCUT2D eigenvalue weighted by Crippen LogP contribution is -2.50. The number of piperazine rings is 1. The first-order valence-corrected chi connectivity index (χ1v) is 13.6. The first-order chi connectivity index (χ1) is 16.8. The number of aryl methyl sites for hydroxylation is 1. The fourth-order valence-electron chi connectivity index (χ4n) is 4.66. The van der Waals surface area contributed by atoms with Crippen LogP contribution in [0.2, 0.25) is 0 Å². The molecular weight excluding hydrogens is 456 g/mol. The number of rotatable bonds is 8. The van der Waals surface area contributed by atoms with Gasteiger partial charge in [0.05, 0.1) is 4.90 Å². The smallest absolute Gasteiger partial charge is 0.240 e. The van der Waals surface area contributed by atoms with E-state index in [0.717, 1.165) is 48.6 Å². The Bertz CT molecular complexity index is 1220. The number of hydrogen-bond acceptors (Lipinski definition) is 5. The molecule has 0 bridgehead atoms. The second kappa shape index (κ2) is 10.8. The van der Waals surface area contributed by atoms with Crippen molar-refractivity contribution in [1.82, 2.24) is 9.62 Å². The molecule has 0 saturated carbocycles. The normalized spacial score (nSPS) is 15.7. The molecular formula is C28H36N4O2S. The predicted octanol–water partition coefficient (Wildman–Crippen LogP) is 4.21. The number of benzene rings is 3. The molecule has 1 aliphatic rings. The second-order valence-corrected chi connectivity index (χ2v) is 11.1. The summed E-state index contributed by atoms with van der Waals surface area (Å²) in [6.45, 7) is 7.66. The average molecular weight is 493 g/mol. The van der Waals surface area contributed by atoms with Gasteiger partial charge in [-0.2, -0.15) is 0 Å². The van der Waals surface area contributed by atoms with Crippen LogP contribution in [-0.2, 0) is 10.0 Å². The van der Waals surface area contributed by atoms with Crippen LogP contribution >= 0.6 is 0 Å². The highest BCUT2D eigenvalue weighted by Gasteiger charge is 2.27. The Balaban J connectivity index is 1.54. The summed E-state index contributed by atoms with van der Waals surface area (Å²) >= 11 is 0. The summed E-state index contributed by atoms with van der Waals surface area (Å²) < 4.78 is 29.4. The summed E-state index contributed by atoms with van der Waals surface area (Å²) in [5, 5.41) is 0. The van der Waals surface area contributed by atoms with Gasteiger partial charge in [-0.1, -0.05) is 42.5 Å². The Labute approximate surface area is 210 Å². The molecule has 35 heavy (non-hydrogen) atoms. The van der Waals surface area contributed by atoms with Crippen molar-refractivity contribution in [2.24, 2.45) is 0 Å². The Morgan fingerprint density at radius 2 is 1.51 bits per heavy atom. The summed E-state index contributed by atoms with van der Waals surface area (Å²) in [5.74, 6) is 0. The molecule has 1 aliphatic heterocycles. The molecule has 186 valence electrons. The van der Waals surface area contributed by atoms with Crippen LogP contribution in [0.15, 0.2) is 77.7 Å². The van der Waals surface area contributed by atoms with Gasteiger partial charge in [0.15, 0.2) is 0 Å². The quantitative estimate of drug-likeness (QED) is 0.511. The maximum absolute atomic E-state index is 13.3. The van der Waals surface area contributed by atoms with Crippen LogP contribution in [0.1, 0.15) is 22.7 Å². The molecule has 0 amide bonds. The number of para-hydroxylation sites is 1. The number of sulfonamides is 1. The van der Waals surface area contributed by atoms with E-state index in [4.69, 9.17) is 0 Å². The predicted molar refractivity (Wildman–Crippen MR) is 145 cm³/mol. The van der Waals surface area contributed by atoms with Crippen molar-refractivity contribution in [3.8, 4) is 0 Å². The average Bonchev–Trinajstić information content (AvgIpc) is 2.87. The topological polar surface area (TPSA) is 55.9 Å². The van der Waals surface area contributed by atoms with Crippen molar-refractivity contribution in [2.75, 3.05) is 56.6 Å². The molecule has 1 saturated heterocycles. The van der Waals surface area contributed by atoms with Gasteiger partial charge in [-0.25, -0.2) is 13.1 Å². The van der Waals surface area contributed by atoms with Gasteiger partial charge in [-0.15, -0.1) is 0 Å². The SMILES string of the molecule is Cc1cccc(S(=O)(=O)NCC(c2ccc(N(C)C)cc2)N2CCN(c3ccccc3)CC2)c1C. The first-order valence-electron chi connectivity index (χ1n) is 12.1. The molecule has 6 nitrogen and oxygen atoms in total. The van der Waals surface area contributed by atoms with E-state index >= 15 is 0 Å². The molecule has 0 aliphatic carbocycles. The van der Waals surface area contributed by atoms with Crippen molar-refractivity contribution in [2.45, 2.75) is 24.8 Å². The van der Waals surface area contributed by atoms with E-state index in [2.05, 4.69) is 68.0 Å². The van der Waals surface area contributed by atoms with Crippen molar-refractivity contribution >= 4 is 21.4 Å². The highest BCUT2D eigenvalue weighted by Crippen LogP contribution is 2.27. The highest BCUT2D eigenvalue weighted by atomic mass is 32.2. The van der Waals surface area contributed by atoms with Gasteiger partial charge in [-0.05, 0) is 60.9 Å². The first kappa shape index (κ1) is 25.2. The zero-order valence-electron chi connectivity index (χ0n) is 21.1. The van der Waals surface area contributed by atoms with Crippen LogP contribution in [0.5, 0.6) is 0 Å². The molecule has 0 radical (unpaired) electrons. The van der Waals surface area contributed by atoms with E-state index < -0.39 is 10.0 Å². The minimum Gasteiger partial charge on any atom is -0.378 e. The Hall–Kier alpha value is -2.87. The standard InChI is InChI=1S/C28H36N4O2S/c1-22-9-8-12-28(23(22)2)35(33,34)29-21-27(24-13-15-25(16-14-24)30(3)4)32-19-17-31(18-20-32)26-10-6-5-7-11-26/h5-16,27,29H,17-21H2,1-4H3. The zero-order valence-corrected chi connectivity index (χ0v) is 21.9. The highest BCUT2D eigenvalue weighted by molar-refractivity contribution is 7.89. The molecule has 1 N–H and O–H groups in total. The van der Waals surface area contributed by atoms with Gasteiger partial charge in [0.1, 0.15) is 0 Å². The van der Waals surface area contributed by atoms with Gasteiger partial charge in [0, 0.05) is 64.2 Å². The second-order valence-electron chi connectivity index (χ2n) is 9.41. The van der Waals surface area contributed by atoms with Crippen molar-refractivity contribution in [3.05, 3.63) is 89.5 Å². The van der Waals surface area contributed by atoms with Crippen LogP contribution in [0, 0.1) is 13.8 Å². The van der Waals surface area contributed by atoms with Gasteiger partial charge in [-0.3, -0.25) is 4.90 Å². The van der Waals surface area contributed by atoms with Crippen LogP contribution in [0.4, 0.5) is 11.4 Å². The molecule has 7 heteroatoms. The molecule has 3 aromatic carbocycles. The van der Waals surface area contributed by atoms with E-state index in [9.17, 15) is 8.42 Å². The summed E-state index contributed by atoms with van der Waals surface area (Å²) in [6, 6.07) is 24.3. The zero-order chi connectivity index (χ0) is 25.0. The Kier molecular flexibility index (Phi) is 7.79. The van der Waals surface area contributed by atoms with E-state index in [1.807, 2.05) is 40.1 Å². The lowest BCUT2D eigenvalue weighted by molar-refractivity contribution is 0.187. The molecule has 4 rings (SSSR count). The van der Waals surface area contributed by atoms with Crippen LogP contribution in [0.3, 0.4) is 0 Å². The maximum atomic E-state index is 13.3. The third kappa shape index (κ3) is 5.86. The van der Waals surface area contributed by atoms with E-state index in [1.54, 1.807) is 12.1 Å². The molecule has 0 spiro atoms. The Morgan fingerprint density at radius 1 is 0.857 bits per heavy atom. The maximum Gasteiger partial charge on any atom is 0.240 e. The molecule has 1 fully saturated rings. The van der Waals surface area contributed by atoms with Gasteiger partial charge < -0.3 is 9.80 Å². The molecule has 1 unspecified atom stereocenters.